The number of hydrogen-bond acceptors (Lipinski definition) is 5. The summed E-state index contributed by atoms with van der Waals surface area (Å²) in [7, 11) is -0.253. The van der Waals surface area contributed by atoms with Crippen LogP contribution in [-0.4, -0.2) is 84.2 Å². The number of nitrogens with zero attached hydrogens (tertiary/aromatic N) is 2. The molecule has 0 bridgehead atoms. The molecule has 21 heavy (non-hydrogen) atoms. The maximum absolute atomic E-state index is 11.8. The Hall–Kier alpha value is 0.330. The molecule has 7 nitrogen and oxygen atoms in total. The molecular weight excluding hydrogens is 339 g/mol. The molecular formula is C11H28Cl2N4O3S. The highest BCUT2D eigenvalue weighted by atomic mass is 35.5. The van der Waals surface area contributed by atoms with Crippen LogP contribution < -0.4 is 10.0 Å². The van der Waals surface area contributed by atoms with Gasteiger partial charge in [-0.05, 0) is 13.0 Å². The molecule has 0 aromatic heterocycles. The third kappa shape index (κ3) is 9.85. The molecule has 0 saturated carbocycles. The summed E-state index contributed by atoms with van der Waals surface area (Å²) >= 11 is 0. The Morgan fingerprint density at radius 1 is 1.29 bits per heavy atom. The third-order valence-electron chi connectivity index (χ3n) is 3.17. The highest BCUT2D eigenvalue weighted by molar-refractivity contribution is 7.87. The topological polar surface area (TPSA) is 73.9 Å². The molecule has 0 aromatic rings. The Balaban J connectivity index is 0. The summed E-state index contributed by atoms with van der Waals surface area (Å²) in [5.41, 5.74) is 0. The van der Waals surface area contributed by atoms with Crippen LogP contribution in [-0.2, 0) is 14.9 Å². The summed E-state index contributed by atoms with van der Waals surface area (Å²) < 4.78 is 32.4. The van der Waals surface area contributed by atoms with Crippen LogP contribution in [0.15, 0.2) is 0 Å². The first kappa shape index (κ1) is 23.6. The van der Waals surface area contributed by atoms with Crippen molar-refractivity contribution < 1.29 is 13.2 Å². The number of rotatable bonds is 9. The first-order valence-electron chi connectivity index (χ1n) is 6.69. The Morgan fingerprint density at radius 2 is 1.90 bits per heavy atom. The molecule has 1 aliphatic heterocycles. The molecule has 0 amide bonds. The fourth-order valence-corrected chi connectivity index (χ4v) is 2.83. The predicted molar refractivity (Wildman–Crippen MR) is 89.9 cm³/mol. The normalized spacial score (nSPS) is 16.3. The molecule has 1 saturated heterocycles. The summed E-state index contributed by atoms with van der Waals surface area (Å²) in [6.07, 6.45) is 0.831. The molecule has 10 heteroatoms. The average Bonchev–Trinajstić information content (AvgIpc) is 2.42. The number of piperazine rings is 1. The lowest BCUT2D eigenvalue weighted by Gasteiger charge is -2.27. The van der Waals surface area contributed by atoms with E-state index in [0.717, 1.165) is 39.1 Å². The van der Waals surface area contributed by atoms with Gasteiger partial charge >= 0.3 is 0 Å². The molecule has 0 aromatic carbocycles. The van der Waals surface area contributed by atoms with E-state index < -0.39 is 10.2 Å². The van der Waals surface area contributed by atoms with Crippen LogP contribution in [0, 0.1) is 0 Å². The Bertz CT molecular complexity index is 340. The molecule has 2 N–H and O–H groups in total. The molecule has 0 spiro atoms. The lowest BCUT2D eigenvalue weighted by Crippen LogP contribution is -2.45. The lowest BCUT2D eigenvalue weighted by atomic mass is 10.3. The largest absolute Gasteiger partial charge is 0.383 e. The van der Waals surface area contributed by atoms with Crippen molar-refractivity contribution in [3.05, 3.63) is 0 Å². The fraction of sp³-hybridized carbons (Fsp3) is 1.00. The minimum absolute atomic E-state index is 0. The molecule has 1 aliphatic rings. The molecule has 130 valence electrons. The van der Waals surface area contributed by atoms with E-state index in [9.17, 15) is 8.42 Å². The van der Waals surface area contributed by atoms with Gasteiger partial charge in [0, 0.05) is 53.4 Å². The second kappa shape index (κ2) is 12.8. The lowest BCUT2D eigenvalue weighted by molar-refractivity contribution is 0.184. The second-order valence-corrected chi connectivity index (χ2v) is 6.52. The molecule has 0 atom stereocenters. The van der Waals surface area contributed by atoms with E-state index in [0.29, 0.717) is 19.7 Å². The zero-order valence-corrected chi connectivity index (χ0v) is 15.2. The van der Waals surface area contributed by atoms with Gasteiger partial charge in [0.15, 0.2) is 0 Å². The second-order valence-electron chi connectivity index (χ2n) is 4.66. The van der Waals surface area contributed by atoms with Gasteiger partial charge < -0.3 is 15.0 Å². The van der Waals surface area contributed by atoms with E-state index >= 15 is 0 Å². The highest BCUT2D eigenvalue weighted by Crippen LogP contribution is 1.96. The minimum Gasteiger partial charge on any atom is -0.383 e. The van der Waals surface area contributed by atoms with Gasteiger partial charge in [-0.25, -0.2) is 4.72 Å². The van der Waals surface area contributed by atoms with Gasteiger partial charge in [0.05, 0.1) is 6.61 Å². The standard InChI is InChI=1S/C11H26N4O3S.2ClH/c1-14(10-11-18-2)19(16,17)13-4-3-7-15-8-5-12-6-9-15;;/h12-13H,3-11H2,1-2H3;2*1H. The van der Waals surface area contributed by atoms with E-state index in [2.05, 4.69) is 14.9 Å². The molecule has 0 radical (unpaired) electrons. The SMILES string of the molecule is COCCN(C)S(=O)(=O)NCCCN1CCNCC1.Cl.Cl. The van der Waals surface area contributed by atoms with Crippen LogP contribution in [0.1, 0.15) is 6.42 Å². The molecule has 1 fully saturated rings. The van der Waals surface area contributed by atoms with E-state index in [1.807, 2.05) is 0 Å². The summed E-state index contributed by atoms with van der Waals surface area (Å²) in [5, 5.41) is 3.29. The van der Waals surface area contributed by atoms with Gasteiger partial charge in [-0.3, -0.25) is 0 Å². The summed E-state index contributed by atoms with van der Waals surface area (Å²) in [6.45, 7) is 6.30. The van der Waals surface area contributed by atoms with Crippen molar-refractivity contribution in [2.75, 3.05) is 66.6 Å². The quantitative estimate of drug-likeness (QED) is 0.540. The predicted octanol–water partition coefficient (Wildman–Crippen LogP) is -0.462. The molecule has 1 heterocycles. The van der Waals surface area contributed by atoms with Crippen LogP contribution in [0.5, 0.6) is 0 Å². The highest BCUT2D eigenvalue weighted by Gasteiger charge is 2.16. The van der Waals surface area contributed by atoms with Crippen LogP contribution in [0.2, 0.25) is 0 Å². The number of ether oxygens (including phenoxy) is 1. The van der Waals surface area contributed by atoms with Crippen molar-refractivity contribution in [3.63, 3.8) is 0 Å². The van der Waals surface area contributed by atoms with Crippen molar-refractivity contribution in [1.82, 2.24) is 19.2 Å². The zero-order chi connectivity index (χ0) is 14.1. The maximum Gasteiger partial charge on any atom is 0.279 e. The summed E-state index contributed by atoms with van der Waals surface area (Å²) in [5.74, 6) is 0. The van der Waals surface area contributed by atoms with Gasteiger partial charge in [-0.15, -0.1) is 24.8 Å². The van der Waals surface area contributed by atoms with E-state index in [-0.39, 0.29) is 24.8 Å². The summed E-state index contributed by atoms with van der Waals surface area (Å²) in [4.78, 5) is 2.35. The average molecular weight is 367 g/mol. The van der Waals surface area contributed by atoms with Crippen molar-refractivity contribution in [3.8, 4) is 0 Å². The Kier molecular flexibility index (Phi) is 14.4. The van der Waals surface area contributed by atoms with Gasteiger partial charge in [-0.1, -0.05) is 0 Å². The maximum atomic E-state index is 11.8. The third-order valence-corrected chi connectivity index (χ3v) is 4.74. The minimum atomic E-state index is -3.36. The first-order chi connectivity index (χ1) is 9.06. The van der Waals surface area contributed by atoms with Crippen molar-refractivity contribution >= 4 is 35.0 Å². The number of likely N-dealkylation sites (N-methyl/N-ethyl adjacent to an activating group) is 1. The molecule has 0 aliphatic carbocycles. The van der Waals surface area contributed by atoms with Gasteiger partial charge in [0.2, 0.25) is 0 Å². The Labute approximate surface area is 140 Å². The van der Waals surface area contributed by atoms with Gasteiger partial charge in [0.25, 0.3) is 10.2 Å². The van der Waals surface area contributed by atoms with Gasteiger partial charge in [-0.2, -0.15) is 12.7 Å². The monoisotopic (exact) mass is 366 g/mol. The number of nitrogens with one attached hydrogen (secondary N) is 2. The first-order valence-corrected chi connectivity index (χ1v) is 8.13. The van der Waals surface area contributed by atoms with E-state index in [1.165, 1.54) is 4.31 Å². The van der Waals surface area contributed by atoms with Crippen molar-refractivity contribution in [2.24, 2.45) is 0 Å². The van der Waals surface area contributed by atoms with Crippen molar-refractivity contribution in [2.45, 2.75) is 6.42 Å². The number of hydrogen-bond donors (Lipinski definition) is 2. The van der Waals surface area contributed by atoms with Crippen LogP contribution >= 0.6 is 24.8 Å². The van der Waals surface area contributed by atoms with Crippen molar-refractivity contribution in [1.29, 1.82) is 0 Å². The fourth-order valence-electron chi connectivity index (χ4n) is 1.89. The number of methoxy groups -OCH3 is 1. The van der Waals surface area contributed by atoms with Crippen LogP contribution in [0.25, 0.3) is 0 Å². The molecule has 0 unspecified atom stereocenters. The van der Waals surface area contributed by atoms with E-state index in [1.54, 1.807) is 14.2 Å². The van der Waals surface area contributed by atoms with Crippen LogP contribution in [0.3, 0.4) is 0 Å². The zero-order valence-electron chi connectivity index (χ0n) is 12.7. The molecule has 1 rings (SSSR count). The smallest absolute Gasteiger partial charge is 0.279 e. The Morgan fingerprint density at radius 3 is 2.48 bits per heavy atom. The number of halogens is 2. The van der Waals surface area contributed by atoms with Crippen LogP contribution in [0.4, 0.5) is 0 Å². The van der Waals surface area contributed by atoms with E-state index in [4.69, 9.17) is 4.74 Å². The summed E-state index contributed by atoms with van der Waals surface area (Å²) in [6, 6.07) is 0. The van der Waals surface area contributed by atoms with Gasteiger partial charge in [0.1, 0.15) is 0 Å².